The highest BCUT2D eigenvalue weighted by Crippen LogP contribution is 2.08. The third-order valence-corrected chi connectivity index (χ3v) is 2.35. The van der Waals surface area contributed by atoms with Crippen molar-refractivity contribution in [3.63, 3.8) is 0 Å². The van der Waals surface area contributed by atoms with Gasteiger partial charge in [0.1, 0.15) is 15.7 Å². The van der Waals surface area contributed by atoms with Crippen LogP contribution in [0, 0.1) is 0 Å². The highest BCUT2D eigenvalue weighted by Gasteiger charge is 2.26. The second-order valence-electron chi connectivity index (χ2n) is 3.90. The maximum Gasteiger partial charge on any atom is 0.138 e. The van der Waals surface area contributed by atoms with E-state index in [0.717, 1.165) is 19.6 Å². The van der Waals surface area contributed by atoms with Gasteiger partial charge in [-0.15, -0.1) is 0 Å². The molecular weight excluding hydrogens is 178 g/mol. The SMILES string of the molecule is [B]C([B])(O)OC(C)C1CN(C)CCN1. The van der Waals surface area contributed by atoms with Gasteiger partial charge in [0.25, 0.3) is 0 Å². The number of hydrogen-bond donors (Lipinski definition) is 2. The Balaban J connectivity index is 2.39. The van der Waals surface area contributed by atoms with Crippen LogP contribution in [0.25, 0.3) is 0 Å². The third kappa shape index (κ3) is 4.00. The fourth-order valence-electron chi connectivity index (χ4n) is 1.63. The van der Waals surface area contributed by atoms with Gasteiger partial charge in [0.2, 0.25) is 0 Å². The van der Waals surface area contributed by atoms with E-state index in [1.807, 2.05) is 14.0 Å². The lowest BCUT2D eigenvalue weighted by Gasteiger charge is -2.37. The molecule has 1 heterocycles. The summed E-state index contributed by atoms with van der Waals surface area (Å²) in [6, 6.07) is 0.146. The summed E-state index contributed by atoms with van der Waals surface area (Å²) in [5.41, 5.74) is -2.04. The summed E-state index contributed by atoms with van der Waals surface area (Å²) in [6.45, 7) is 4.61. The third-order valence-electron chi connectivity index (χ3n) is 2.35. The van der Waals surface area contributed by atoms with E-state index in [1.165, 1.54) is 0 Å². The predicted octanol–water partition coefficient (Wildman–Crippen LogP) is -1.76. The van der Waals surface area contributed by atoms with Crippen LogP contribution in [-0.4, -0.2) is 70.1 Å². The van der Waals surface area contributed by atoms with Crippen LogP contribution in [-0.2, 0) is 4.74 Å². The molecule has 6 heteroatoms. The van der Waals surface area contributed by atoms with Crippen LogP contribution in [0.15, 0.2) is 0 Å². The highest BCUT2D eigenvalue weighted by atomic mass is 16.6. The standard InChI is InChI=1S/C8H16B2N2O2/c1-6(14-8(9,10)13)7-5-12(2)4-3-11-7/h6-7,11,13H,3-5H2,1-2H3. The molecule has 2 atom stereocenters. The number of hydrogen-bond acceptors (Lipinski definition) is 4. The van der Waals surface area contributed by atoms with E-state index in [2.05, 4.69) is 10.2 Å². The fourth-order valence-corrected chi connectivity index (χ4v) is 1.63. The Hall–Kier alpha value is -0.0301. The summed E-state index contributed by atoms with van der Waals surface area (Å²) in [5.74, 6) is 0. The Morgan fingerprint density at radius 2 is 2.29 bits per heavy atom. The fraction of sp³-hybridized carbons (Fsp3) is 1.00. The molecule has 0 aromatic rings. The monoisotopic (exact) mass is 194 g/mol. The molecule has 4 radical (unpaired) electrons. The van der Waals surface area contributed by atoms with Crippen molar-refractivity contribution in [1.82, 2.24) is 10.2 Å². The molecule has 4 nitrogen and oxygen atoms in total. The molecule has 0 aromatic carbocycles. The average Bonchev–Trinajstić information content (AvgIpc) is 2.01. The molecule has 0 spiro atoms. The van der Waals surface area contributed by atoms with Gasteiger partial charge in [-0.25, -0.2) is 0 Å². The van der Waals surface area contributed by atoms with E-state index in [-0.39, 0.29) is 12.1 Å². The van der Waals surface area contributed by atoms with Gasteiger partial charge in [-0.2, -0.15) is 0 Å². The number of aliphatic hydroxyl groups is 1. The number of ether oxygens (including phenoxy) is 1. The van der Waals surface area contributed by atoms with Gasteiger partial charge >= 0.3 is 0 Å². The van der Waals surface area contributed by atoms with E-state index >= 15 is 0 Å². The van der Waals surface area contributed by atoms with E-state index in [9.17, 15) is 0 Å². The largest absolute Gasteiger partial charge is 0.384 e. The summed E-state index contributed by atoms with van der Waals surface area (Å²) < 4.78 is 5.05. The molecule has 0 saturated carbocycles. The molecule has 1 aliphatic rings. The van der Waals surface area contributed by atoms with Gasteiger partial charge in [-0.3, -0.25) is 0 Å². The maximum atomic E-state index is 9.08. The minimum absolute atomic E-state index is 0.146. The van der Waals surface area contributed by atoms with Crippen LogP contribution in [0.4, 0.5) is 0 Å². The number of likely N-dealkylation sites (N-methyl/N-ethyl adjacent to an activating group) is 1. The first-order chi connectivity index (χ1) is 6.38. The summed E-state index contributed by atoms with van der Waals surface area (Å²) >= 11 is 0. The van der Waals surface area contributed by atoms with Crippen molar-refractivity contribution >= 4 is 15.7 Å². The molecule has 0 aliphatic carbocycles. The molecule has 76 valence electrons. The smallest absolute Gasteiger partial charge is 0.138 e. The number of nitrogens with one attached hydrogen (secondary N) is 1. The molecule has 1 fully saturated rings. The van der Waals surface area contributed by atoms with Gasteiger partial charge in [-0.1, -0.05) is 0 Å². The first-order valence-electron chi connectivity index (χ1n) is 4.78. The van der Waals surface area contributed by atoms with Gasteiger partial charge in [0.15, 0.2) is 0 Å². The Kier molecular flexibility index (Phi) is 4.01. The summed E-state index contributed by atoms with van der Waals surface area (Å²) in [6.07, 6.45) is -0.224. The van der Waals surface area contributed by atoms with E-state index in [4.69, 9.17) is 25.5 Å². The van der Waals surface area contributed by atoms with Crippen LogP contribution in [0.5, 0.6) is 0 Å². The van der Waals surface area contributed by atoms with Gasteiger partial charge < -0.3 is 20.1 Å². The Morgan fingerprint density at radius 1 is 1.64 bits per heavy atom. The maximum absolute atomic E-state index is 9.08. The van der Waals surface area contributed by atoms with E-state index in [1.54, 1.807) is 0 Å². The van der Waals surface area contributed by atoms with Crippen molar-refractivity contribution in [2.75, 3.05) is 26.7 Å². The van der Waals surface area contributed by atoms with Crippen LogP contribution in [0.1, 0.15) is 6.92 Å². The Bertz CT molecular complexity index is 187. The summed E-state index contributed by atoms with van der Waals surface area (Å²) in [4.78, 5) is 2.19. The number of rotatable bonds is 3. The molecule has 1 saturated heterocycles. The topological polar surface area (TPSA) is 44.7 Å². The molecule has 2 N–H and O–H groups in total. The normalized spacial score (nSPS) is 27.5. The molecule has 0 amide bonds. The Labute approximate surface area is 87.8 Å². The van der Waals surface area contributed by atoms with Crippen molar-refractivity contribution in [2.24, 2.45) is 0 Å². The van der Waals surface area contributed by atoms with Crippen molar-refractivity contribution in [3.05, 3.63) is 0 Å². The van der Waals surface area contributed by atoms with Crippen LogP contribution in [0.2, 0.25) is 0 Å². The highest BCUT2D eigenvalue weighted by molar-refractivity contribution is 6.37. The molecular formula is C8H16B2N2O2. The van der Waals surface area contributed by atoms with Crippen molar-refractivity contribution in [3.8, 4) is 0 Å². The second kappa shape index (κ2) is 4.66. The zero-order chi connectivity index (χ0) is 10.8. The number of nitrogens with zero attached hydrogens (tertiary/aromatic N) is 1. The summed E-state index contributed by atoms with van der Waals surface area (Å²) in [5, 5.41) is 12.4. The van der Waals surface area contributed by atoms with Crippen molar-refractivity contribution in [1.29, 1.82) is 0 Å². The lowest BCUT2D eigenvalue weighted by atomic mass is 9.76. The lowest BCUT2D eigenvalue weighted by molar-refractivity contribution is -0.122. The minimum Gasteiger partial charge on any atom is -0.384 e. The average molecular weight is 194 g/mol. The molecule has 2 unspecified atom stereocenters. The quantitative estimate of drug-likeness (QED) is 0.412. The van der Waals surface area contributed by atoms with Crippen molar-refractivity contribution in [2.45, 2.75) is 24.7 Å². The van der Waals surface area contributed by atoms with E-state index in [0.29, 0.717) is 0 Å². The predicted molar refractivity (Wildman–Crippen MR) is 56.3 cm³/mol. The second-order valence-corrected chi connectivity index (χ2v) is 3.90. The molecule has 0 bridgehead atoms. The van der Waals surface area contributed by atoms with Crippen LogP contribution >= 0.6 is 0 Å². The van der Waals surface area contributed by atoms with Crippen molar-refractivity contribution < 1.29 is 9.84 Å². The minimum atomic E-state index is -2.04. The molecule has 0 aromatic heterocycles. The zero-order valence-corrected chi connectivity index (χ0v) is 8.73. The number of piperazine rings is 1. The van der Waals surface area contributed by atoms with Gasteiger partial charge in [0.05, 0.1) is 11.7 Å². The zero-order valence-electron chi connectivity index (χ0n) is 8.73. The summed E-state index contributed by atoms with van der Waals surface area (Å²) in [7, 11) is 12.3. The molecule has 14 heavy (non-hydrogen) atoms. The lowest BCUT2D eigenvalue weighted by Crippen LogP contribution is -2.56. The molecule has 1 rings (SSSR count). The van der Waals surface area contributed by atoms with Crippen LogP contribution < -0.4 is 5.32 Å². The van der Waals surface area contributed by atoms with Crippen LogP contribution in [0.3, 0.4) is 0 Å². The first kappa shape index (κ1) is 12.0. The first-order valence-corrected chi connectivity index (χ1v) is 4.78. The Morgan fingerprint density at radius 3 is 2.79 bits per heavy atom. The van der Waals surface area contributed by atoms with Gasteiger partial charge in [-0.05, 0) is 14.0 Å². The van der Waals surface area contributed by atoms with Gasteiger partial charge in [0, 0.05) is 25.7 Å². The van der Waals surface area contributed by atoms with E-state index < -0.39 is 5.59 Å². The molecule has 1 aliphatic heterocycles.